The van der Waals surface area contributed by atoms with Crippen molar-refractivity contribution < 1.29 is 14.3 Å². The largest absolute Gasteiger partial charge is 0.383 e. The van der Waals surface area contributed by atoms with Crippen molar-refractivity contribution in [2.24, 2.45) is 5.92 Å². The molecule has 180 valence electrons. The highest BCUT2D eigenvalue weighted by Crippen LogP contribution is 2.50. The van der Waals surface area contributed by atoms with Crippen molar-refractivity contribution in [2.45, 2.75) is 75.3 Å². The van der Waals surface area contributed by atoms with Gasteiger partial charge in [-0.1, -0.05) is 37.5 Å². The standard InChI is InChI=1S/C27H39N3O3/c1-33-18-17-30-26(32)22-11-3-2-10-21(22)24(27(30)13-5-6-14-27)25(31)28-19-20-9-8-16-29-15-7-4-12-23(20)29/h2-3,10-11,20,23-24H,4-9,12-19H2,1H3,(H,28,31)/t20-,23+,24-/m0/s1. The van der Waals surface area contributed by atoms with Crippen LogP contribution in [0.2, 0.25) is 0 Å². The Morgan fingerprint density at radius 3 is 2.70 bits per heavy atom. The molecule has 0 unspecified atom stereocenters. The van der Waals surface area contributed by atoms with Crippen LogP contribution in [0.3, 0.4) is 0 Å². The van der Waals surface area contributed by atoms with Gasteiger partial charge >= 0.3 is 0 Å². The van der Waals surface area contributed by atoms with E-state index < -0.39 is 5.54 Å². The molecule has 3 atom stereocenters. The number of amides is 2. The number of nitrogens with zero attached hydrogens (tertiary/aromatic N) is 2. The zero-order chi connectivity index (χ0) is 22.8. The molecule has 1 spiro atoms. The monoisotopic (exact) mass is 453 g/mol. The van der Waals surface area contributed by atoms with Crippen LogP contribution in [0.5, 0.6) is 0 Å². The number of carbonyl (C=O) groups excluding carboxylic acids is 2. The van der Waals surface area contributed by atoms with Gasteiger partial charge in [0.2, 0.25) is 5.91 Å². The van der Waals surface area contributed by atoms with E-state index in [1.807, 2.05) is 29.2 Å². The topological polar surface area (TPSA) is 61.9 Å². The van der Waals surface area contributed by atoms with Gasteiger partial charge in [-0.3, -0.25) is 9.59 Å². The van der Waals surface area contributed by atoms with Gasteiger partial charge in [0.25, 0.3) is 5.91 Å². The van der Waals surface area contributed by atoms with Gasteiger partial charge in [0, 0.05) is 31.8 Å². The second-order valence-electron chi connectivity index (χ2n) is 10.5. The summed E-state index contributed by atoms with van der Waals surface area (Å²) in [4.78, 5) is 32.1. The third kappa shape index (κ3) is 4.10. The minimum absolute atomic E-state index is 0.0544. The Labute approximate surface area is 198 Å². The molecule has 0 bridgehead atoms. The number of piperidine rings is 2. The lowest BCUT2D eigenvalue weighted by atomic mass is 9.71. The van der Waals surface area contributed by atoms with E-state index in [2.05, 4.69) is 10.2 Å². The van der Waals surface area contributed by atoms with Crippen molar-refractivity contribution >= 4 is 11.8 Å². The van der Waals surface area contributed by atoms with E-state index in [0.717, 1.165) is 37.8 Å². The maximum atomic E-state index is 14.0. The number of benzene rings is 1. The van der Waals surface area contributed by atoms with Crippen LogP contribution < -0.4 is 5.32 Å². The quantitative estimate of drug-likeness (QED) is 0.715. The highest BCUT2D eigenvalue weighted by molar-refractivity contribution is 6.02. The molecule has 1 aromatic carbocycles. The van der Waals surface area contributed by atoms with Crippen molar-refractivity contribution in [1.82, 2.24) is 15.1 Å². The molecular formula is C27H39N3O3. The van der Waals surface area contributed by atoms with Crippen molar-refractivity contribution in [2.75, 3.05) is 39.9 Å². The van der Waals surface area contributed by atoms with Gasteiger partial charge in [-0.05, 0) is 69.2 Å². The summed E-state index contributed by atoms with van der Waals surface area (Å²) in [6.07, 6.45) is 10.2. The summed E-state index contributed by atoms with van der Waals surface area (Å²) in [5.74, 6) is 0.385. The van der Waals surface area contributed by atoms with Crippen molar-refractivity contribution in [3.8, 4) is 0 Å². The van der Waals surface area contributed by atoms with Crippen LogP contribution in [0.15, 0.2) is 24.3 Å². The molecule has 1 N–H and O–H groups in total. The number of methoxy groups -OCH3 is 1. The zero-order valence-electron chi connectivity index (χ0n) is 20.1. The third-order valence-electron chi connectivity index (χ3n) is 8.84. The molecule has 6 heteroatoms. The maximum Gasteiger partial charge on any atom is 0.254 e. The van der Waals surface area contributed by atoms with Crippen LogP contribution in [0.1, 0.15) is 79.6 Å². The van der Waals surface area contributed by atoms with Crippen LogP contribution >= 0.6 is 0 Å². The van der Waals surface area contributed by atoms with Crippen LogP contribution in [-0.2, 0) is 9.53 Å². The number of nitrogens with one attached hydrogen (secondary N) is 1. The number of hydrogen-bond donors (Lipinski definition) is 1. The Morgan fingerprint density at radius 2 is 1.88 bits per heavy atom. The Morgan fingerprint density at radius 1 is 1.09 bits per heavy atom. The summed E-state index contributed by atoms with van der Waals surface area (Å²) < 4.78 is 5.36. The van der Waals surface area contributed by atoms with E-state index in [-0.39, 0.29) is 17.7 Å². The summed E-state index contributed by atoms with van der Waals surface area (Å²) >= 11 is 0. The van der Waals surface area contributed by atoms with Gasteiger partial charge in [-0.25, -0.2) is 0 Å². The van der Waals surface area contributed by atoms with Crippen molar-refractivity contribution in [3.63, 3.8) is 0 Å². The molecule has 3 heterocycles. The lowest BCUT2D eigenvalue weighted by Crippen LogP contribution is -2.61. The Kier molecular flexibility index (Phi) is 6.75. The molecule has 1 aromatic rings. The van der Waals surface area contributed by atoms with Crippen LogP contribution in [-0.4, -0.2) is 73.1 Å². The number of rotatable bonds is 6. The van der Waals surface area contributed by atoms with Crippen molar-refractivity contribution in [3.05, 3.63) is 35.4 Å². The molecule has 2 amide bonds. The smallest absolute Gasteiger partial charge is 0.254 e. The number of ether oxygens (including phenoxy) is 1. The first-order chi connectivity index (χ1) is 16.2. The predicted molar refractivity (Wildman–Crippen MR) is 128 cm³/mol. The number of carbonyl (C=O) groups is 2. The fourth-order valence-corrected chi connectivity index (χ4v) is 7.32. The number of fused-ring (bicyclic) bond motifs is 2. The van der Waals surface area contributed by atoms with E-state index in [1.165, 1.54) is 45.2 Å². The second-order valence-corrected chi connectivity index (χ2v) is 10.5. The lowest BCUT2D eigenvalue weighted by Gasteiger charge is -2.50. The van der Waals surface area contributed by atoms with Gasteiger partial charge < -0.3 is 19.9 Å². The highest BCUT2D eigenvalue weighted by atomic mass is 16.5. The molecule has 4 aliphatic rings. The van der Waals surface area contributed by atoms with E-state index in [1.54, 1.807) is 7.11 Å². The molecule has 5 rings (SSSR count). The molecule has 33 heavy (non-hydrogen) atoms. The SMILES string of the molecule is COCCN1C(=O)c2ccccc2[C@@H](C(=O)NC[C@@H]2CCCN3CCCC[C@H]23)C12CCCC2. The van der Waals surface area contributed by atoms with E-state index in [0.29, 0.717) is 30.7 Å². The molecule has 0 aromatic heterocycles. The molecule has 2 saturated heterocycles. The maximum absolute atomic E-state index is 14.0. The lowest BCUT2D eigenvalue weighted by molar-refractivity contribution is -0.127. The van der Waals surface area contributed by atoms with E-state index in [4.69, 9.17) is 4.74 Å². The fourth-order valence-electron chi connectivity index (χ4n) is 7.32. The van der Waals surface area contributed by atoms with Crippen LogP contribution in [0, 0.1) is 5.92 Å². The summed E-state index contributed by atoms with van der Waals surface area (Å²) in [5, 5.41) is 3.40. The Balaban J connectivity index is 1.41. The first-order valence-electron chi connectivity index (χ1n) is 13.1. The molecular weight excluding hydrogens is 414 g/mol. The number of hydrogen-bond acceptors (Lipinski definition) is 4. The van der Waals surface area contributed by atoms with E-state index in [9.17, 15) is 9.59 Å². The van der Waals surface area contributed by atoms with Gasteiger partial charge in [-0.2, -0.15) is 0 Å². The highest BCUT2D eigenvalue weighted by Gasteiger charge is 2.55. The molecule has 1 saturated carbocycles. The van der Waals surface area contributed by atoms with Crippen LogP contribution in [0.4, 0.5) is 0 Å². The fraction of sp³-hybridized carbons (Fsp3) is 0.704. The summed E-state index contributed by atoms with van der Waals surface area (Å²) in [6, 6.07) is 8.40. The Hall–Kier alpha value is -1.92. The molecule has 0 radical (unpaired) electrons. The third-order valence-corrected chi connectivity index (χ3v) is 8.84. The zero-order valence-corrected chi connectivity index (χ0v) is 20.1. The summed E-state index contributed by atoms with van der Waals surface area (Å²) in [6.45, 7) is 4.20. The van der Waals surface area contributed by atoms with Gasteiger partial charge in [0.1, 0.15) is 0 Å². The van der Waals surface area contributed by atoms with Gasteiger partial charge in [-0.15, -0.1) is 0 Å². The average Bonchev–Trinajstić information content (AvgIpc) is 3.32. The minimum Gasteiger partial charge on any atom is -0.383 e. The predicted octanol–water partition coefficient (Wildman–Crippen LogP) is 3.57. The average molecular weight is 454 g/mol. The minimum atomic E-state index is -0.433. The first kappa shape index (κ1) is 22.9. The molecule has 3 fully saturated rings. The van der Waals surface area contributed by atoms with Crippen molar-refractivity contribution in [1.29, 1.82) is 0 Å². The van der Waals surface area contributed by atoms with Gasteiger partial charge in [0.05, 0.1) is 18.1 Å². The van der Waals surface area contributed by atoms with Crippen LogP contribution in [0.25, 0.3) is 0 Å². The normalized spacial score (nSPS) is 29.1. The summed E-state index contributed by atoms with van der Waals surface area (Å²) in [5.41, 5.74) is 1.17. The molecule has 3 aliphatic heterocycles. The van der Waals surface area contributed by atoms with Gasteiger partial charge in [0.15, 0.2) is 0 Å². The molecule has 6 nitrogen and oxygen atoms in total. The second kappa shape index (κ2) is 9.75. The van der Waals surface area contributed by atoms with E-state index >= 15 is 0 Å². The first-order valence-corrected chi connectivity index (χ1v) is 13.1. The summed E-state index contributed by atoms with van der Waals surface area (Å²) in [7, 11) is 1.67. The Bertz CT molecular complexity index is 864. The molecule has 1 aliphatic carbocycles.